The van der Waals surface area contributed by atoms with E-state index in [1.807, 2.05) is 12.1 Å². The van der Waals surface area contributed by atoms with Crippen LogP contribution < -0.4 is 9.20 Å². The Morgan fingerprint density at radius 3 is 2.75 bits per heavy atom. The summed E-state index contributed by atoms with van der Waals surface area (Å²) in [5.74, 6) is 2.83. The summed E-state index contributed by atoms with van der Waals surface area (Å²) in [6.07, 6.45) is 0.878. The molecule has 0 spiro atoms. The Kier molecular flexibility index (Phi) is 3.32. The summed E-state index contributed by atoms with van der Waals surface area (Å²) >= 11 is 0.364. The Morgan fingerprint density at radius 2 is 2.25 bits per heavy atom. The third kappa shape index (κ3) is 1.87. The second kappa shape index (κ2) is 4.29. The number of aldehydes is 1. The molecule has 0 aliphatic carbocycles. The summed E-state index contributed by atoms with van der Waals surface area (Å²) in [7, 11) is 1.60. The van der Waals surface area contributed by atoms with Crippen LogP contribution >= 0.6 is 0 Å². The van der Waals surface area contributed by atoms with E-state index in [1.54, 1.807) is 13.2 Å². The Morgan fingerprint density at radius 1 is 1.50 bits per heavy atom. The number of hydrogen-bond acceptors (Lipinski definition) is 2. The first kappa shape index (κ1) is 9.30. The number of methoxy groups -OCH3 is 1. The van der Waals surface area contributed by atoms with Gasteiger partial charge in [0.15, 0.2) is 0 Å². The number of carbonyl (C=O) groups is 1. The monoisotopic (exact) mass is 230 g/mol. The fourth-order valence-electron chi connectivity index (χ4n) is 0.932. The molecule has 0 aromatic heterocycles. The first-order valence-electron chi connectivity index (χ1n) is 3.49. The van der Waals surface area contributed by atoms with Crippen LogP contribution in [0.4, 0.5) is 0 Å². The van der Waals surface area contributed by atoms with Crippen molar-refractivity contribution in [1.82, 2.24) is 0 Å². The summed E-state index contributed by atoms with van der Waals surface area (Å²) in [6, 6.07) is 5.60. The van der Waals surface area contributed by atoms with Gasteiger partial charge in [0.2, 0.25) is 0 Å². The van der Waals surface area contributed by atoms with Gasteiger partial charge in [-0.25, -0.2) is 0 Å². The molecule has 1 aromatic carbocycles. The predicted octanol–water partition coefficient (Wildman–Crippen LogP) is 0.885. The average molecular weight is 229 g/mol. The number of ether oxygens (including phenoxy) is 1. The van der Waals surface area contributed by atoms with Crippen LogP contribution in [0.5, 0.6) is 5.75 Å². The molecule has 0 atom stereocenters. The van der Waals surface area contributed by atoms with Gasteiger partial charge in [-0.3, -0.25) is 0 Å². The Labute approximate surface area is 78.1 Å². The number of carbonyl (C=O) groups excluding carboxylic acids is 1. The van der Waals surface area contributed by atoms with Crippen molar-refractivity contribution < 1.29 is 9.53 Å². The van der Waals surface area contributed by atoms with Crippen molar-refractivity contribution >= 4 is 25.7 Å². The minimum absolute atomic E-state index is 0.364. The second-order valence-electron chi connectivity index (χ2n) is 2.23. The summed E-state index contributed by atoms with van der Waals surface area (Å²) in [5, 5.41) is 0. The summed E-state index contributed by atoms with van der Waals surface area (Å²) < 4.78 is 6.13. The van der Waals surface area contributed by atoms with Crippen LogP contribution in [0.25, 0.3) is 0 Å². The molecule has 0 bridgehead atoms. The van der Waals surface area contributed by atoms with E-state index in [4.69, 9.17) is 4.74 Å². The van der Waals surface area contributed by atoms with Gasteiger partial charge in [0.1, 0.15) is 0 Å². The summed E-state index contributed by atoms with van der Waals surface area (Å²) in [4.78, 5) is 10.6. The van der Waals surface area contributed by atoms with E-state index in [0.29, 0.717) is 15.0 Å². The molecule has 1 aromatic rings. The molecule has 0 fully saturated rings. The van der Waals surface area contributed by atoms with Crippen LogP contribution in [0.3, 0.4) is 0 Å². The molecule has 0 unspecified atom stereocenters. The molecule has 0 radical (unpaired) electrons. The predicted molar refractivity (Wildman–Crippen MR) is 49.6 cm³/mol. The molecule has 0 N–H and O–H groups in total. The molecule has 2 nitrogen and oxygen atoms in total. The zero-order chi connectivity index (χ0) is 8.97. The zero-order valence-electron chi connectivity index (χ0n) is 7.03. The van der Waals surface area contributed by atoms with Crippen LogP contribution in [0, 0.1) is 0 Å². The van der Waals surface area contributed by atoms with Crippen molar-refractivity contribution in [1.29, 1.82) is 0 Å². The van der Waals surface area contributed by atoms with Crippen molar-refractivity contribution in [2.24, 2.45) is 0 Å². The Balaban J connectivity index is 3.10. The van der Waals surface area contributed by atoms with Gasteiger partial charge < -0.3 is 0 Å². The SMILES string of the molecule is COc1ccc([Se]C)c(C=O)c1. The fourth-order valence-corrected chi connectivity index (χ4v) is 2.08. The number of benzene rings is 1. The van der Waals surface area contributed by atoms with Crippen LogP contribution in [0.2, 0.25) is 5.82 Å². The van der Waals surface area contributed by atoms with Gasteiger partial charge in [-0.1, -0.05) is 0 Å². The van der Waals surface area contributed by atoms with Gasteiger partial charge in [-0.2, -0.15) is 0 Å². The first-order chi connectivity index (χ1) is 5.81. The van der Waals surface area contributed by atoms with Gasteiger partial charge in [0.25, 0.3) is 0 Å². The standard InChI is InChI=1S/C9H10O2Se/c1-11-8-3-4-9(12-2)7(5-8)6-10/h3-6H,1-2H3. The normalized spacial score (nSPS) is 9.50. The minimum atomic E-state index is 0.364. The van der Waals surface area contributed by atoms with E-state index < -0.39 is 0 Å². The molecule has 3 heteroatoms. The van der Waals surface area contributed by atoms with Crippen LogP contribution in [0.1, 0.15) is 10.4 Å². The molecule has 1 rings (SSSR count). The Hall–Kier alpha value is -0.791. The van der Waals surface area contributed by atoms with Gasteiger partial charge >= 0.3 is 77.7 Å². The van der Waals surface area contributed by atoms with Gasteiger partial charge in [0, 0.05) is 0 Å². The second-order valence-corrected chi connectivity index (χ2v) is 4.01. The molecule has 0 saturated heterocycles. The number of rotatable bonds is 3. The van der Waals surface area contributed by atoms with Crippen molar-refractivity contribution in [2.75, 3.05) is 7.11 Å². The maximum atomic E-state index is 10.6. The molecular formula is C9H10O2Se. The fraction of sp³-hybridized carbons (Fsp3) is 0.222. The number of hydrogen-bond donors (Lipinski definition) is 0. The molecule has 0 aliphatic rings. The van der Waals surface area contributed by atoms with Crippen LogP contribution in [-0.2, 0) is 0 Å². The van der Waals surface area contributed by atoms with Gasteiger partial charge in [0.05, 0.1) is 0 Å². The molecular weight excluding hydrogens is 219 g/mol. The average Bonchev–Trinajstić information content (AvgIpc) is 2.16. The van der Waals surface area contributed by atoms with E-state index in [9.17, 15) is 4.79 Å². The quantitative estimate of drug-likeness (QED) is 0.568. The van der Waals surface area contributed by atoms with Crippen molar-refractivity contribution in [3.05, 3.63) is 23.8 Å². The van der Waals surface area contributed by atoms with E-state index in [0.717, 1.165) is 22.1 Å². The Bertz CT molecular complexity index is 284. The van der Waals surface area contributed by atoms with Crippen LogP contribution in [-0.4, -0.2) is 28.4 Å². The topological polar surface area (TPSA) is 26.3 Å². The van der Waals surface area contributed by atoms with E-state index in [1.165, 1.54) is 0 Å². The molecule has 64 valence electrons. The molecule has 0 aliphatic heterocycles. The molecule has 0 heterocycles. The third-order valence-electron chi connectivity index (χ3n) is 1.56. The molecule has 0 amide bonds. The summed E-state index contributed by atoms with van der Waals surface area (Å²) in [5.41, 5.74) is 0.747. The van der Waals surface area contributed by atoms with Gasteiger partial charge in [-0.05, 0) is 0 Å². The van der Waals surface area contributed by atoms with Crippen LogP contribution in [0.15, 0.2) is 18.2 Å². The molecule has 12 heavy (non-hydrogen) atoms. The van der Waals surface area contributed by atoms with Crippen molar-refractivity contribution in [2.45, 2.75) is 5.82 Å². The third-order valence-corrected chi connectivity index (χ3v) is 3.27. The van der Waals surface area contributed by atoms with Crippen molar-refractivity contribution in [3.8, 4) is 5.75 Å². The van der Waals surface area contributed by atoms with Crippen molar-refractivity contribution in [3.63, 3.8) is 0 Å². The zero-order valence-corrected chi connectivity index (χ0v) is 8.75. The van der Waals surface area contributed by atoms with E-state index in [-0.39, 0.29) is 0 Å². The molecule has 0 saturated carbocycles. The maximum absolute atomic E-state index is 10.6. The first-order valence-corrected chi connectivity index (χ1v) is 6.06. The van der Waals surface area contributed by atoms with E-state index in [2.05, 4.69) is 5.82 Å². The summed E-state index contributed by atoms with van der Waals surface area (Å²) in [6.45, 7) is 0. The van der Waals surface area contributed by atoms with Gasteiger partial charge in [-0.15, -0.1) is 0 Å². The van der Waals surface area contributed by atoms with E-state index >= 15 is 0 Å².